The van der Waals surface area contributed by atoms with Gasteiger partial charge >= 0.3 is 0 Å². The van der Waals surface area contributed by atoms with Crippen LogP contribution in [0.4, 0.5) is 0 Å². The van der Waals surface area contributed by atoms with Gasteiger partial charge in [0, 0.05) is 64.7 Å². The van der Waals surface area contributed by atoms with Crippen molar-refractivity contribution in [3.63, 3.8) is 0 Å². The zero-order valence-corrected chi connectivity index (χ0v) is 18.7. The summed E-state index contributed by atoms with van der Waals surface area (Å²) in [5.74, 6) is 0.374. The van der Waals surface area contributed by atoms with Crippen LogP contribution in [-0.2, 0) is 22.7 Å². The first-order chi connectivity index (χ1) is 14.6. The van der Waals surface area contributed by atoms with Crippen LogP contribution < -0.4 is 5.32 Å². The summed E-state index contributed by atoms with van der Waals surface area (Å²) in [6.45, 7) is 12.8. The maximum Gasteiger partial charge on any atom is 0.223 e. The molecule has 6 heteroatoms. The molecule has 2 heterocycles. The molecule has 0 atom stereocenters. The predicted octanol–water partition coefficient (Wildman–Crippen LogP) is 2.48. The molecule has 0 unspecified atom stereocenters. The number of likely N-dealkylation sites (tertiary alicyclic amines) is 1. The first-order valence-electron chi connectivity index (χ1n) is 11.7. The lowest BCUT2D eigenvalue weighted by Crippen LogP contribution is -2.45. The second kappa shape index (κ2) is 11.5. The Morgan fingerprint density at radius 3 is 2.20 bits per heavy atom. The summed E-state index contributed by atoms with van der Waals surface area (Å²) >= 11 is 0. The molecule has 2 aliphatic heterocycles. The second-order valence-electron chi connectivity index (χ2n) is 8.60. The molecule has 1 N–H and O–H groups in total. The van der Waals surface area contributed by atoms with Crippen molar-refractivity contribution in [2.75, 3.05) is 45.8 Å². The first-order valence-corrected chi connectivity index (χ1v) is 11.7. The summed E-state index contributed by atoms with van der Waals surface area (Å²) in [6.07, 6.45) is 3.03. The molecule has 2 amide bonds. The molecule has 0 radical (unpaired) electrons. The van der Waals surface area contributed by atoms with Crippen molar-refractivity contribution in [2.24, 2.45) is 5.92 Å². The fourth-order valence-corrected chi connectivity index (χ4v) is 4.48. The van der Waals surface area contributed by atoms with Gasteiger partial charge in [0.25, 0.3) is 0 Å². The molecular formula is C24H38N4O2. The fraction of sp³-hybridized carbons (Fsp3) is 0.667. The van der Waals surface area contributed by atoms with Crippen LogP contribution in [0.25, 0.3) is 0 Å². The molecule has 0 saturated carbocycles. The van der Waals surface area contributed by atoms with Crippen molar-refractivity contribution in [3.8, 4) is 0 Å². The van der Waals surface area contributed by atoms with Crippen LogP contribution in [0.5, 0.6) is 0 Å². The number of amides is 2. The smallest absolute Gasteiger partial charge is 0.223 e. The molecule has 166 valence electrons. The number of piperidine rings is 1. The third-order valence-electron chi connectivity index (χ3n) is 6.56. The molecular weight excluding hydrogens is 376 g/mol. The number of nitrogens with one attached hydrogen (secondary N) is 1. The molecule has 1 aromatic rings. The largest absolute Gasteiger partial charge is 0.352 e. The molecule has 2 aliphatic rings. The average molecular weight is 415 g/mol. The van der Waals surface area contributed by atoms with E-state index in [2.05, 4.69) is 46.3 Å². The highest BCUT2D eigenvalue weighted by Gasteiger charge is 2.27. The van der Waals surface area contributed by atoms with E-state index in [9.17, 15) is 9.59 Å². The standard InChI is InChI=1S/C24H38N4O2/c1-3-7-23(29)28-12-10-20(11-13-28)24(30)25-18-21-8-5-6-9-22(21)19-27-16-14-26(4-2)15-17-27/h5-6,8-9,20H,3-4,7,10-19H2,1-2H3,(H,25,30). The average Bonchev–Trinajstić information content (AvgIpc) is 2.79. The zero-order valence-electron chi connectivity index (χ0n) is 18.7. The molecule has 2 fully saturated rings. The SMILES string of the molecule is CCCC(=O)N1CCC(C(=O)NCc2ccccc2CN2CCN(CC)CC2)CC1. The molecule has 1 aromatic carbocycles. The normalized spacial score (nSPS) is 19.1. The van der Waals surface area contributed by atoms with Gasteiger partial charge in [0.05, 0.1) is 0 Å². The molecule has 0 aromatic heterocycles. The maximum absolute atomic E-state index is 12.7. The van der Waals surface area contributed by atoms with Crippen molar-refractivity contribution in [2.45, 2.75) is 52.6 Å². The Morgan fingerprint density at radius 1 is 0.933 bits per heavy atom. The molecule has 0 bridgehead atoms. The van der Waals surface area contributed by atoms with E-state index in [0.29, 0.717) is 26.1 Å². The minimum absolute atomic E-state index is 0.0185. The number of nitrogens with zero attached hydrogens (tertiary/aromatic N) is 3. The monoisotopic (exact) mass is 414 g/mol. The molecule has 6 nitrogen and oxygen atoms in total. The van der Waals surface area contributed by atoms with Gasteiger partial charge in [-0.05, 0) is 36.9 Å². The van der Waals surface area contributed by atoms with E-state index in [0.717, 1.165) is 58.5 Å². The van der Waals surface area contributed by atoms with Crippen molar-refractivity contribution in [1.82, 2.24) is 20.0 Å². The van der Waals surface area contributed by atoms with Gasteiger partial charge in [-0.15, -0.1) is 0 Å². The highest BCUT2D eigenvalue weighted by Crippen LogP contribution is 2.19. The molecule has 3 rings (SSSR count). The Labute approximate surface area is 181 Å². The number of hydrogen-bond donors (Lipinski definition) is 1. The van der Waals surface area contributed by atoms with Crippen molar-refractivity contribution >= 4 is 11.8 Å². The first kappa shape index (κ1) is 22.8. The number of benzene rings is 1. The molecule has 0 spiro atoms. The van der Waals surface area contributed by atoms with E-state index in [1.54, 1.807) is 0 Å². The van der Waals surface area contributed by atoms with Crippen LogP contribution in [-0.4, -0.2) is 72.3 Å². The lowest BCUT2D eigenvalue weighted by molar-refractivity contribution is -0.135. The Bertz CT molecular complexity index is 692. The van der Waals surface area contributed by atoms with Crippen LogP contribution in [0.3, 0.4) is 0 Å². The van der Waals surface area contributed by atoms with E-state index < -0.39 is 0 Å². The third-order valence-corrected chi connectivity index (χ3v) is 6.56. The molecule has 0 aliphatic carbocycles. The summed E-state index contributed by atoms with van der Waals surface area (Å²) in [5.41, 5.74) is 2.52. The topological polar surface area (TPSA) is 55.9 Å². The maximum atomic E-state index is 12.7. The van der Waals surface area contributed by atoms with E-state index in [-0.39, 0.29) is 17.7 Å². The number of piperazine rings is 1. The Balaban J connectivity index is 1.47. The highest BCUT2D eigenvalue weighted by atomic mass is 16.2. The van der Waals surface area contributed by atoms with E-state index in [1.165, 1.54) is 11.1 Å². The van der Waals surface area contributed by atoms with Crippen LogP contribution in [0.2, 0.25) is 0 Å². The van der Waals surface area contributed by atoms with Gasteiger partial charge in [0.15, 0.2) is 0 Å². The van der Waals surface area contributed by atoms with Gasteiger partial charge in [0.2, 0.25) is 11.8 Å². The number of hydrogen-bond acceptors (Lipinski definition) is 4. The van der Waals surface area contributed by atoms with Crippen molar-refractivity contribution in [3.05, 3.63) is 35.4 Å². The quantitative estimate of drug-likeness (QED) is 0.710. The predicted molar refractivity (Wildman–Crippen MR) is 120 cm³/mol. The van der Waals surface area contributed by atoms with Gasteiger partial charge in [-0.3, -0.25) is 14.5 Å². The Hall–Kier alpha value is -1.92. The lowest BCUT2D eigenvalue weighted by atomic mass is 9.95. The van der Waals surface area contributed by atoms with Gasteiger partial charge in [-0.2, -0.15) is 0 Å². The van der Waals surface area contributed by atoms with Gasteiger partial charge in [-0.25, -0.2) is 0 Å². The van der Waals surface area contributed by atoms with Crippen LogP contribution in [0, 0.1) is 5.92 Å². The van der Waals surface area contributed by atoms with Crippen molar-refractivity contribution < 1.29 is 9.59 Å². The lowest BCUT2D eigenvalue weighted by Gasteiger charge is -2.34. The number of carbonyl (C=O) groups excluding carboxylic acids is 2. The Kier molecular flexibility index (Phi) is 8.70. The number of carbonyl (C=O) groups is 2. The van der Waals surface area contributed by atoms with Gasteiger partial charge < -0.3 is 15.1 Å². The highest BCUT2D eigenvalue weighted by molar-refractivity contribution is 5.80. The number of likely N-dealkylation sites (N-methyl/N-ethyl adjacent to an activating group) is 1. The summed E-state index contributed by atoms with van der Waals surface area (Å²) in [4.78, 5) is 31.7. The zero-order chi connectivity index (χ0) is 21.3. The summed E-state index contributed by atoms with van der Waals surface area (Å²) in [6, 6.07) is 8.46. The Morgan fingerprint density at radius 2 is 1.57 bits per heavy atom. The molecule has 30 heavy (non-hydrogen) atoms. The van der Waals surface area contributed by atoms with E-state index in [4.69, 9.17) is 0 Å². The summed E-state index contributed by atoms with van der Waals surface area (Å²) < 4.78 is 0. The van der Waals surface area contributed by atoms with Gasteiger partial charge in [0.1, 0.15) is 0 Å². The minimum atomic E-state index is 0.0185. The van der Waals surface area contributed by atoms with Crippen LogP contribution in [0.1, 0.15) is 50.7 Å². The summed E-state index contributed by atoms with van der Waals surface area (Å²) in [5, 5.41) is 3.16. The van der Waals surface area contributed by atoms with Crippen LogP contribution >= 0.6 is 0 Å². The van der Waals surface area contributed by atoms with E-state index >= 15 is 0 Å². The minimum Gasteiger partial charge on any atom is -0.352 e. The third kappa shape index (κ3) is 6.29. The van der Waals surface area contributed by atoms with E-state index in [1.807, 2.05) is 11.8 Å². The number of rotatable bonds is 8. The van der Waals surface area contributed by atoms with Crippen molar-refractivity contribution in [1.29, 1.82) is 0 Å². The van der Waals surface area contributed by atoms with Crippen LogP contribution in [0.15, 0.2) is 24.3 Å². The fourth-order valence-electron chi connectivity index (χ4n) is 4.48. The molecule has 2 saturated heterocycles. The van der Waals surface area contributed by atoms with Gasteiger partial charge in [-0.1, -0.05) is 38.1 Å². The second-order valence-corrected chi connectivity index (χ2v) is 8.60. The summed E-state index contributed by atoms with van der Waals surface area (Å²) in [7, 11) is 0.